The van der Waals surface area contributed by atoms with Crippen molar-refractivity contribution in [3.63, 3.8) is 0 Å². The maximum atomic E-state index is 12.2. The van der Waals surface area contributed by atoms with Gasteiger partial charge in [0.1, 0.15) is 0 Å². The third kappa shape index (κ3) is 2.24. The minimum absolute atomic E-state index is 0.0143. The summed E-state index contributed by atoms with van der Waals surface area (Å²) in [6.07, 6.45) is 8.62. The van der Waals surface area contributed by atoms with Crippen LogP contribution in [0.25, 0.3) is 0 Å². The summed E-state index contributed by atoms with van der Waals surface area (Å²) in [5.41, 5.74) is 5.85. The SMILES string of the molecule is CCC1(C(=O)NC2CCC(N)CC2)CCC1. The molecule has 0 aromatic carbocycles. The molecular formula is C13H24N2O. The van der Waals surface area contributed by atoms with E-state index in [0.29, 0.717) is 18.0 Å². The molecule has 3 N–H and O–H groups in total. The second-order valence-electron chi connectivity index (χ2n) is 5.57. The highest BCUT2D eigenvalue weighted by Gasteiger charge is 2.42. The molecule has 0 heterocycles. The molecular weight excluding hydrogens is 200 g/mol. The summed E-state index contributed by atoms with van der Waals surface area (Å²) in [5, 5.41) is 3.24. The van der Waals surface area contributed by atoms with E-state index in [4.69, 9.17) is 5.73 Å². The van der Waals surface area contributed by atoms with Crippen LogP contribution in [0.4, 0.5) is 0 Å². The standard InChI is InChI=1S/C13H24N2O/c1-2-13(8-3-9-13)12(16)15-11-6-4-10(14)5-7-11/h10-11H,2-9,14H2,1H3,(H,15,16). The molecule has 0 saturated heterocycles. The summed E-state index contributed by atoms with van der Waals surface area (Å²) in [5.74, 6) is 0.307. The summed E-state index contributed by atoms with van der Waals surface area (Å²) in [7, 11) is 0. The summed E-state index contributed by atoms with van der Waals surface area (Å²) in [6.45, 7) is 2.13. The van der Waals surface area contributed by atoms with E-state index in [0.717, 1.165) is 44.9 Å². The molecule has 2 aliphatic carbocycles. The van der Waals surface area contributed by atoms with Crippen LogP contribution < -0.4 is 11.1 Å². The van der Waals surface area contributed by atoms with Gasteiger partial charge in [-0.1, -0.05) is 13.3 Å². The predicted molar refractivity (Wildman–Crippen MR) is 64.9 cm³/mol. The van der Waals surface area contributed by atoms with Gasteiger partial charge >= 0.3 is 0 Å². The van der Waals surface area contributed by atoms with Crippen molar-refractivity contribution in [3.8, 4) is 0 Å². The van der Waals surface area contributed by atoms with Crippen LogP contribution in [0.2, 0.25) is 0 Å². The van der Waals surface area contributed by atoms with Gasteiger partial charge < -0.3 is 11.1 Å². The Labute approximate surface area is 98.2 Å². The van der Waals surface area contributed by atoms with Crippen molar-refractivity contribution in [2.24, 2.45) is 11.1 Å². The third-order valence-electron chi connectivity index (χ3n) is 4.58. The fourth-order valence-electron chi connectivity index (χ4n) is 2.95. The molecule has 0 aliphatic heterocycles. The van der Waals surface area contributed by atoms with E-state index < -0.39 is 0 Å². The lowest BCUT2D eigenvalue weighted by Gasteiger charge is -2.41. The van der Waals surface area contributed by atoms with Gasteiger partial charge in [0, 0.05) is 17.5 Å². The molecule has 3 heteroatoms. The number of amides is 1. The molecule has 0 bridgehead atoms. The van der Waals surface area contributed by atoms with E-state index in [1.54, 1.807) is 0 Å². The second kappa shape index (κ2) is 4.74. The second-order valence-corrected chi connectivity index (χ2v) is 5.57. The quantitative estimate of drug-likeness (QED) is 0.770. The van der Waals surface area contributed by atoms with Crippen LogP contribution in [0.1, 0.15) is 58.3 Å². The average molecular weight is 224 g/mol. The first-order chi connectivity index (χ1) is 7.66. The first-order valence-electron chi connectivity index (χ1n) is 6.73. The zero-order valence-corrected chi connectivity index (χ0v) is 10.3. The van der Waals surface area contributed by atoms with Crippen molar-refractivity contribution in [1.29, 1.82) is 0 Å². The summed E-state index contributed by atoms with van der Waals surface area (Å²) in [6, 6.07) is 0.744. The molecule has 92 valence electrons. The molecule has 0 atom stereocenters. The van der Waals surface area contributed by atoms with E-state index in [1.165, 1.54) is 6.42 Å². The van der Waals surface area contributed by atoms with Crippen LogP contribution in [0.3, 0.4) is 0 Å². The summed E-state index contributed by atoms with van der Waals surface area (Å²) in [4.78, 5) is 12.2. The Hall–Kier alpha value is -0.570. The fourth-order valence-corrected chi connectivity index (χ4v) is 2.95. The molecule has 16 heavy (non-hydrogen) atoms. The molecule has 0 aromatic rings. The van der Waals surface area contributed by atoms with Gasteiger partial charge in [0.15, 0.2) is 0 Å². The Balaban J connectivity index is 1.83. The molecule has 2 saturated carbocycles. The molecule has 1 amide bonds. The Morgan fingerprint density at radius 1 is 1.31 bits per heavy atom. The Morgan fingerprint density at radius 3 is 2.38 bits per heavy atom. The first kappa shape index (κ1) is 11.9. The highest BCUT2D eigenvalue weighted by molar-refractivity contribution is 5.83. The number of carbonyl (C=O) groups is 1. The van der Waals surface area contributed by atoms with Crippen molar-refractivity contribution in [2.75, 3.05) is 0 Å². The Kier molecular flexibility index (Phi) is 3.53. The van der Waals surface area contributed by atoms with Crippen LogP contribution >= 0.6 is 0 Å². The minimum atomic E-state index is -0.0143. The number of nitrogens with two attached hydrogens (primary N) is 1. The number of rotatable bonds is 3. The summed E-state index contributed by atoms with van der Waals surface area (Å²) >= 11 is 0. The van der Waals surface area contributed by atoms with E-state index in [1.807, 2.05) is 0 Å². The van der Waals surface area contributed by atoms with E-state index in [2.05, 4.69) is 12.2 Å². The van der Waals surface area contributed by atoms with Crippen LogP contribution in [0.15, 0.2) is 0 Å². The topological polar surface area (TPSA) is 55.1 Å². The lowest BCUT2D eigenvalue weighted by molar-refractivity contribution is -0.137. The van der Waals surface area contributed by atoms with E-state index in [-0.39, 0.29) is 5.41 Å². The van der Waals surface area contributed by atoms with Crippen LogP contribution in [-0.4, -0.2) is 18.0 Å². The lowest BCUT2D eigenvalue weighted by Crippen LogP contribution is -2.50. The smallest absolute Gasteiger partial charge is 0.226 e. The van der Waals surface area contributed by atoms with E-state index in [9.17, 15) is 4.79 Å². The van der Waals surface area contributed by atoms with Crippen LogP contribution in [0.5, 0.6) is 0 Å². The Morgan fingerprint density at radius 2 is 1.94 bits per heavy atom. The zero-order chi connectivity index (χ0) is 11.6. The van der Waals surface area contributed by atoms with Gasteiger partial charge in [-0.15, -0.1) is 0 Å². The monoisotopic (exact) mass is 224 g/mol. The highest BCUT2D eigenvalue weighted by Crippen LogP contribution is 2.44. The molecule has 0 radical (unpaired) electrons. The van der Waals surface area contributed by atoms with Crippen molar-refractivity contribution < 1.29 is 4.79 Å². The molecule has 2 rings (SSSR count). The molecule has 2 aliphatic rings. The van der Waals surface area contributed by atoms with E-state index >= 15 is 0 Å². The van der Waals surface area contributed by atoms with Gasteiger partial charge in [0.05, 0.1) is 0 Å². The maximum absolute atomic E-state index is 12.2. The van der Waals surface area contributed by atoms with Gasteiger partial charge in [-0.2, -0.15) is 0 Å². The van der Waals surface area contributed by atoms with Crippen molar-refractivity contribution in [1.82, 2.24) is 5.32 Å². The maximum Gasteiger partial charge on any atom is 0.226 e. The number of hydrogen-bond acceptors (Lipinski definition) is 2. The van der Waals surface area contributed by atoms with Crippen LogP contribution in [-0.2, 0) is 4.79 Å². The number of carbonyl (C=O) groups excluding carboxylic acids is 1. The van der Waals surface area contributed by atoms with Crippen molar-refractivity contribution >= 4 is 5.91 Å². The predicted octanol–water partition coefficient (Wildman–Crippen LogP) is 1.95. The van der Waals surface area contributed by atoms with Gasteiger partial charge in [-0.05, 0) is 44.9 Å². The minimum Gasteiger partial charge on any atom is -0.353 e. The molecule has 3 nitrogen and oxygen atoms in total. The van der Waals surface area contributed by atoms with Crippen LogP contribution in [0, 0.1) is 5.41 Å². The van der Waals surface area contributed by atoms with Gasteiger partial charge in [-0.25, -0.2) is 0 Å². The normalized spacial score (nSPS) is 32.9. The summed E-state index contributed by atoms with van der Waals surface area (Å²) < 4.78 is 0. The van der Waals surface area contributed by atoms with Gasteiger partial charge in [-0.3, -0.25) is 4.79 Å². The highest BCUT2D eigenvalue weighted by atomic mass is 16.2. The lowest BCUT2D eigenvalue weighted by atomic mass is 9.66. The average Bonchev–Trinajstić information content (AvgIpc) is 2.21. The fraction of sp³-hybridized carbons (Fsp3) is 0.923. The van der Waals surface area contributed by atoms with Gasteiger partial charge in [0.25, 0.3) is 0 Å². The third-order valence-corrected chi connectivity index (χ3v) is 4.58. The molecule has 0 spiro atoms. The van der Waals surface area contributed by atoms with Gasteiger partial charge in [0.2, 0.25) is 5.91 Å². The number of nitrogens with one attached hydrogen (secondary N) is 1. The van der Waals surface area contributed by atoms with Crippen molar-refractivity contribution in [3.05, 3.63) is 0 Å². The molecule has 0 unspecified atom stereocenters. The zero-order valence-electron chi connectivity index (χ0n) is 10.3. The first-order valence-corrected chi connectivity index (χ1v) is 6.73. The molecule has 0 aromatic heterocycles. The largest absolute Gasteiger partial charge is 0.353 e. The number of hydrogen-bond donors (Lipinski definition) is 2. The van der Waals surface area contributed by atoms with Crippen molar-refractivity contribution in [2.45, 2.75) is 70.4 Å². The Bertz CT molecular complexity index is 247. The molecule has 2 fully saturated rings.